The van der Waals surface area contributed by atoms with E-state index in [0.717, 1.165) is 89.4 Å². The molecule has 0 saturated carbocycles. The molecular formula is C57H42N4. The van der Waals surface area contributed by atoms with Crippen molar-refractivity contribution in [3.63, 3.8) is 0 Å². The van der Waals surface area contributed by atoms with Gasteiger partial charge in [0.15, 0.2) is 5.82 Å². The van der Waals surface area contributed by atoms with Crippen LogP contribution in [-0.4, -0.2) is 15.0 Å². The molecule has 0 bridgehead atoms. The lowest BCUT2D eigenvalue weighted by atomic mass is 9.93. The minimum atomic E-state index is 0.656. The average Bonchev–Trinajstić information content (AvgIpc) is 3.34. The SMILES string of the molecule is C=C/C=C\C=C(/N)c1cccc(-c2cccc(-c3ccccc3-c3cc(-c4ccccc4)nc(-c4ccccc4-c4cccc(-c5cccc(-c6ccccn6)c5)c4)n3)c2)c1. The summed E-state index contributed by atoms with van der Waals surface area (Å²) in [6.07, 6.45) is 9.23. The van der Waals surface area contributed by atoms with Crippen LogP contribution >= 0.6 is 0 Å². The van der Waals surface area contributed by atoms with Crippen molar-refractivity contribution < 1.29 is 0 Å². The molecule has 0 saturated heterocycles. The highest BCUT2D eigenvalue weighted by atomic mass is 14.9. The van der Waals surface area contributed by atoms with Gasteiger partial charge in [-0.05, 0) is 98.6 Å². The van der Waals surface area contributed by atoms with Crippen molar-refractivity contribution in [3.05, 3.63) is 243 Å². The van der Waals surface area contributed by atoms with Gasteiger partial charge in [0, 0.05) is 34.1 Å². The fourth-order valence-corrected chi connectivity index (χ4v) is 7.69. The molecule has 0 fully saturated rings. The molecule has 2 N–H and O–H groups in total. The van der Waals surface area contributed by atoms with Crippen LogP contribution in [0.4, 0.5) is 0 Å². The molecule has 4 heteroatoms. The van der Waals surface area contributed by atoms with Gasteiger partial charge in [-0.2, -0.15) is 0 Å². The van der Waals surface area contributed by atoms with Gasteiger partial charge in [0.1, 0.15) is 0 Å². The third-order valence-corrected chi connectivity index (χ3v) is 10.7. The number of allylic oxidation sites excluding steroid dienone is 4. The van der Waals surface area contributed by atoms with Crippen LogP contribution in [0.15, 0.2) is 237 Å². The Balaban J connectivity index is 1.13. The number of aromatic nitrogens is 3. The van der Waals surface area contributed by atoms with Gasteiger partial charge < -0.3 is 5.73 Å². The maximum atomic E-state index is 6.45. The molecule has 9 rings (SSSR count). The Morgan fingerprint density at radius 2 is 0.902 bits per heavy atom. The number of nitrogens with zero attached hydrogens (tertiary/aromatic N) is 3. The first kappa shape index (κ1) is 38.3. The van der Waals surface area contributed by atoms with Crippen molar-refractivity contribution >= 4 is 5.70 Å². The zero-order valence-corrected chi connectivity index (χ0v) is 33.6. The van der Waals surface area contributed by atoms with Gasteiger partial charge in [-0.1, -0.05) is 183 Å². The molecule has 290 valence electrons. The molecule has 0 atom stereocenters. The molecule has 0 aliphatic carbocycles. The van der Waals surface area contributed by atoms with E-state index in [-0.39, 0.29) is 0 Å². The largest absolute Gasteiger partial charge is 0.398 e. The Morgan fingerprint density at radius 3 is 1.56 bits per heavy atom. The quantitative estimate of drug-likeness (QED) is 0.133. The third-order valence-electron chi connectivity index (χ3n) is 10.7. The summed E-state index contributed by atoms with van der Waals surface area (Å²) in [6.45, 7) is 3.75. The highest BCUT2D eigenvalue weighted by Gasteiger charge is 2.17. The summed E-state index contributed by atoms with van der Waals surface area (Å²) in [5, 5.41) is 0. The zero-order valence-electron chi connectivity index (χ0n) is 33.6. The second-order valence-corrected chi connectivity index (χ2v) is 14.7. The van der Waals surface area contributed by atoms with Gasteiger partial charge in [-0.3, -0.25) is 4.98 Å². The molecule has 0 aliphatic heterocycles. The highest BCUT2D eigenvalue weighted by Crippen LogP contribution is 2.39. The van der Waals surface area contributed by atoms with Gasteiger partial charge >= 0.3 is 0 Å². The molecule has 2 aromatic heterocycles. The summed E-state index contributed by atoms with van der Waals surface area (Å²) in [4.78, 5) is 15.2. The van der Waals surface area contributed by atoms with E-state index in [4.69, 9.17) is 15.7 Å². The van der Waals surface area contributed by atoms with Gasteiger partial charge in [0.25, 0.3) is 0 Å². The first-order valence-electron chi connectivity index (χ1n) is 20.3. The molecule has 0 radical (unpaired) electrons. The predicted molar refractivity (Wildman–Crippen MR) is 255 cm³/mol. The number of rotatable bonds is 11. The van der Waals surface area contributed by atoms with Crippen molar-refractivity contribution in [1.29, 1.82) is 0 Å². The van der Waals surface area contributed by atoms with E-state index in [2.05, 4.69) is 175 Å². The molecule has 0 spiro atoms. The first-order chi connectivity index (χ1) is 30.1. The van der Waals surface area contributed by atoms with Crippen molar-refractivity contribution in [2.45, 2.75) is 0 Å². The maximum absolute atomic E-state index is 6.45. The van der Waals surface area contributed by atoms with Crippen molar-refractivity contribution in [2.24, 2.45) is 5.73 Å². The van der Waals surface area contributed by atoms with Gasteiger partial charge in [0.05, 0.1) is 17.1 Å². The molecule has 7 aromatic carbocycles. The van der Waals surface area contributed by atoms with Crippen LogP contribution in [-0.2, 0) is 0 Å². The van der Waals surface area contributed by atoms with E-state index in [1.165, 1.54) is 0 Å². The fourth-order valence-electron chi connectivity index (χ4n) is 7.69. The van der Waals surface area contributed by atoms with Gasteiger partial charge in [0.2, 0.25) is 0 Å². The lowest BCUT2D eigenvalue weighted by Crippen LogP contribution is -1.98. The van der Waals surface area contributed by atoms with E-state index < -0.39 is 0 Å². The lowest BCUT2D eigenvalue weighted by Gasteiger charge is -2.15. The molecule has 0 aliphatic rings. The smallest absolute Gasteiger partial charge is 0.161 e. The lowest BCUT2D eigenvalue weighted by molar-refractivity contribution is 1.18. The molecule has 2 heterocycles. The molecule has 9 aromatic rings. The van der Waals surface area contributed by atoms with E-state index in [1.807, 2.05) is 60.8 Å². The Hall–Kier alpha value is -8.21. The Bertz CT molecular complexity index is 3050. The van der Waals surface area contributed by atoms with Crippen LogP contribution in [0.3, 0.4) is 0 Å². The van der Waals surface area contributed by atoms with E-state index in [1.54, 1.807) is 6.08 Å². The summed E-state index contributed by atoms with van der Waals surface area (Å²) in [5.74, 6) is 0.656. The maximum Gasteiger partial charge on any atom is 0.161 e. The monoisotopic (exact) mass is 782 g/mol. The van der Waals surface area contributed by atoms with Crippen LogP contribution < -0.4 is 5.73 Å². The number of nitrogens with two attached hydrogens (primary N) is 1. The van der Waals surface area contributed by atoms with Gasteiger partial charge in [-0.15, -0.1) is 0 Å². The van der Waals surface area contributed by atoms with Crippen molar-refractivity contribution in [3.8, 4) is 89.7 Å². The topological polar surface area (TPSA) is 64.7 Å². The normalized spacial score (nSPS) is 11.4. The number of benzene rings is 7. The second-order valence-electron chi connectivity index (χ2n) is 14.7. The Kier molecular flexibility index (Phi) is 11.1. The molecule has 0 unspecified atom stereocenters. The highest BCUT2D eigenvalue weighted by molar-refractivity contribution is 5.88. The van der Waals surface area contributed by atoms with Crippen molar-refractivity contribution in [1.82, 2.24) is 15.0 Å². The number of hydrogen-bond donors (Lipinski definition) is 1. The van der Waals surface area contributed by atoms with Crippen LogP contribution in [0.25, 0.3) is 95.4 Å². The minimum absolute atomic E-state index is 0.656. The van der Waals surface area contributed by atoms with Crippen molar-refractivity contribution in [2.75, 3.05) is 0 Å². The summed E-state index contributed by atoms with van der Waals surface area (Å²) in [6, 6.07) is 69.6. The molecular weight excluding hydrogens is 741 g/mol. The predicted octanol–water partition coefficient (Wildman–Crippen LogP) is 14.2. The third kappa shape index (κ3) is 8.52. The Labute approximate surface area is 357 Å². The van der Waals surface area contributed by atoms with Crippen LogP contribution in [0, 0.1) is 0 Å². The van der Waals surface area contributed by atoms with E-state index >= 15 is 0 Å². The Morgan fingerprint density at radius 1 is 0.393 bits per heavy atom. The number of hydrogen-bond acceptors (Lipinski definition) is 4. The minimum Gasteiger partial charge on any atom is -0.398 e. The van der Waals surface area contributed by atoms with Crippen LogP contribution in [0.1, 0.15) is 5.56 Å². The zero-order chi connectivity index (χ0) is 41.4. The molecule has 0 amide bonds. The van der Waals surface area contributed by atoms with Gasteiger partial charge in [-0.25, -0.2) is 9.97 Å². The fraction of sp³-hybridized carbons (Fsp3) is 0. The van der Waals surface area contributed by atoms with Crippen LogP contribution in [0.2, 0.25) is 0 Å². The summed E-state index contributed by atoms with van der Waals surface area (Å²) in [5.41, 5.74) is 23.5. The first-order valence-corrected chi connectivity index (χ1v) is 20.3. The molecule has 4 nitrogen and oxygen atoms in total. The summed E-state index contributed by atoms with van der Waals surface area (Å²) < 4.78 is 0. The summed E-state index contributed by atoms with van der Waals surface area (Å²) in [7, 11) is 0. The van der Waals surface area contributed by atoms with Crippen LogP contribution in [0.5, 0.6) is 0 Å². The summed E-state index contributed by atoms with van der Waals surface area (Å²) >= 11 is 0. The van der Waals surface area contributed by atoms with E-state index in [0.29, 0.717) is 11.5 Å². The number of pyridine rings is 1. The van der Waals surface area contributed by atoms with E-state index in [9.17, 15) is 0 Å². The second kappa shape index (κ2) is 17.7. The molecule has 61 heavy (non-hydrogen) atoms. The standard InChI is InChI=1S/C57H42N4/c1-2-3-5-32-53(58)47-26-16-22-43(37-47)41-20-14-24-45(35-41)49-28-8-10-30-51(49)56-39-55(40-18-6-4-7-19-40)60-57(61-56)52-31-11-9-29-50(52)46-25-15-21-42(36-46)44-23-17-27-48(38-44)54-33-12-13-34-59-54/h2-39H,1,58H2/b5-3-,53-32-. The average molecular weight is 783 g/mol.